The van der Waals surface area contributed by atoms with E-state index in [4.69, 9.17) is 4.42 Å². The molecule has 0 aliphatic rings. The predicted molar refractivity (Wildman–Crippen MR) is 134 cm³/mol. The molecule has 0 radical (unpaired) electrons. The zero-order valence-corrected chi connectivity index (χ0v) is 17.5. The van der Waals surface area contributed by atoms with Crippen LogP contribution in [-0.4, -0.2) is 0 Å². The number of hydrogen-bond acceptors (Lipinski definition) is 2. The minimum atomic E-state index is 0.907. The zero-order chi connectivity index (χ0) is 21.3. The molecule has 152 valence electrons. The van der Waals surface area contributed by atoms with Crippen molar-refractivity contribution in [2.75, 3.05) is 4.90 Å². The summed E-state index contributed by atoms with van der Waals surface area (Å²) in [5.41, 5.74) is 7.52. The summed E-state index contributed by atoms with van der Waals surface area (Å²) >= 11 is 0. The maximum Gasteiger partial charge on any atom is 0.136 e. The fraction of sp³-hybridized carbons (Fsp3) is 0. The number of rotatable bonds is 4. The van der Waals surface area contributed by atoms with Gasteiger partial charge in [-0.2, -0.15) is 0 Å². The lowest BCUT2D eigenvalue weighted by Crippen LogP contribution is -2.10. The molecule has 0 aliphatic carbocycles. The highest BCUT2D eigenvalue weighted by Crippen LogP contribution is 2.44. The van der Waals surface area contributed by atoms with E-state index in [0.717, 1.165) is 44.6 Å². The summed E-state index contributed by atoms with van der Waals surface area (Å²) in [6.07, 6.45) is 0. The molecule has 0 spiro atoms. The summed E-state index contributed by atoms with van der Waals surface area (Å²) in [6.45, 7) is 0. The SMILES string of the molecule is c1ccc(N(c2ccccc2)c2ccccc2-c2cccc3oc4ccccc4c23)cc1. The highest BCUT2D eigenvalue weighted by atomic mass is 16.3. The minimum Gasteiger partial charge on any atom is -0.456 e. The summed E-state index contributed by atoms with van der Waals surface area (Å²) in [6, 6.07) is 44.2. The Morgan fingerprint density at radius 1 is 0.438 bits per heavy atom. The maximum absolute atomic E-state index is 6.17. The molecular weight excluding hydrogens is 390 g/mol. The van der Waals surface area contributed by atoms with Gasteiger partial charge in [-0.3, -0.25) is 0 Å². The van der Waals surface area contributed by atoms with E-state index in [2.05, 4.69) is 114 Å². The second-order valence-electron chi connectivity index (χ2n) is 7.80. The van der Waals surface area contributed by atoms with Crippen molar-refractivity contribution in [2.45, 2.75) is 0 Å². The van der Waals surface area contributed by atoms with E-state index in [1.54, 1.807) is 0 Å². The lowest BCUT2D eigenvalue weighted by molar-refractivity contribution is 0.669. The first-order chi connectivity index (χ1) is 15.9. The van der Waals surface area contributed by atoms with Crippen molar-refractivity contribution in [3.8, 4) is 11.1 Å². The van der Waals surface area contributed by atoms with Gasteiger partial charge in [0.05, 0.1) is 5.69 Å². The Morgan fingerprint density at radius 2 is 1.00 bits per heavy atom. The Morgan fingerprint density at radius 3 is 1.75 bits per heavy atom. The van der Waals surface area contributed by atoms with Gasteiger partial charge in [0.25, 0.3) is 0 Å². The van der Waals surface area contributed by atoms with E-state index < -0.39 is 0 Å². The zero-order valence-electron chi connectivity index (χ0n) is 17.5. The number of benzene rings is 5. The standard InChI is InChI=1S/C30H21NO/c1-3-12-22(13-4-1)31(23-14-5-2-6-15-23)27-19-9-7-16-24(27)25-18-11-21-29-30(25)26-17-8-10-20-28(26)32-29/h1-21H. The van der Waals surface area contributed by atoms with Crippen LogP contribution in [0.3, 0.4) is 0 Å². The van der Waals surface area contributed by atoms with Crippen LogP contribution in [0.15, 0.2) is 132 Å². The van der Waals surface area contributed by atoms with E-state index in [-0.39, 0.29) is 0 Å². The molecule has 0 saturated heterocycles. The first-order valence-corrected chi connectivity index (χ1v) is 10.8. The van der Waals surface area contributed by atoms with Crippen LogP contribution in [0.1, 0.15) is 0 Å². The fourth-order valence-electron chi connectivity index (χ4n) is 4.48. The molecule has 0 unspecified atom stereocenters. The van der Waals surface area contributed by atoms with Gasteiger partial charge >= 0.3 is 0 Å². The Bertz CT molecular complexity index is 1480. The van der Waals surface area contributed by atoms with Crippen molar-refractivity contribution in [3.63, 3.8) is 0 Å². The molecule has 32 heavy (non-hydrogen) atoms. The number of para-hydroxylation sites is 4. The second kappa shape index (κ2) is 7.75. The lowest BCUT2D eigenvalue weighted by atomic mass is 9.97. The van der Waals surface area contributed by atoms with Gasteiger partial charge in [0.2, 0.25) is 0 Å². The van der Waals surface area contributed by atoms with E-state index in [1.807, 2.05) is 18.2 Å². The summed E-state index contributed by atoms with van der Waals surface area (Å²) in [5.74, 6) is 0. The number of nitrogens with zero attached hydrogens (tertiary/aromatic N) is 1. The van der Waals surface area contributed by atoms with E-state index in [0.29, 0.717) is 0 Å². The molecule has 2 heteroatoms. The average molecular weight is 412 g/mol. The quantitative estimate of drug-likeness (QED) is 0.288. The van der Waals surface area contributed by atoms with Gasteiger partial charge < -0.3 is 9.32 Å². The molecule has 0 bridgehead atoms. The van der Waals surface area contributed by atoms with Gasteiger partial charge in [0, 0.05) is 27.7 Å². The van der Waals surface area contributed by atoms with E-state index in [1.165, 1.54) is 5.56 Å². The van der Waals surface area contributed by atoms with Gasteiger partial charge in [-0.05, 0) is 48.0 Å². The van der Waals surface area contributed by atoms with Gasteiger partial charge in [0.1, 0.15) is 11.2 Å². The van der Waals surface area contributed by atoms with Crippen LogP contribution in [0.2, 0.25) is 0 Å². The van der Waals surface area contributed by atoms with Crippen molar-refractivity contribution >= 4 is 39.0 Å². The molecule has 2 nitrogen and oxygen atoms in total. The fourth-order valence-corrected chi connectivity index (χ4v) is 4.48. The average Bonchev–Trinajstić information content (AvgIpc) is 3.25. The summed E-state index contributed by atoms with van der Waals surface area (Å²) in [7, 11) is 0. The molecular formula is C30H21NO. The summed E-state index contributed by atoms with van der Waals surface area (Å²) < 4.78 is 6.17. The molecule has 0 saturated carbocycles. The first kappa shape index (κ1) is 18.5. The topological polar surface area (TPSA) is 16.4 Å². The van der Waals surface area contributed by atoms with Crippen LogP contribution in [0, 0.1) is 0 Å². The molecule has 0 N–H and O–H groups in total. The molecule has 0 aliphatic heterocycles. The van der Waals surface area contributed by atoms with Gasteiger partial charge in [-0.25, -0.2) is 0 Å². The number of anilines is 3. The normalized spacial score (nSPS) is 11.1. The number of fused-ring (bicyclic) bond motifs is 3. The number of hydrogen-bond donors (Lipinski definition) is 0. The van der Waals surface area contributed by atoms with Crippen LogP contribution in [-0.2, 0) is 0 Å². The lowest BCUT2D eigenvalue weighted by Gasteiger charge is -2.28. The number of furan rings is 1. The smallest absolute Gasteiger partial charge is 0.136 e. The molecule has 5 aromatic carbocycles. The third-order valence-corrected chi connectivity index (χ3v) is 5.87. The Kier molecular flexibility index (Phi) is 4.47. The Hall–Kier alpha value is -4.30. The van der Waals surface area contributed by atoms with Crippen molar-refractivity contribution < 1.29 is 4.42 Å². The monoisotopic (exact) mass is 411 g/mol. The van der Waals surface area contributed by atoms with Crippen molar-refractivity contribution in [2.24, 2.45) is 0 Å². The van der Waals surface area contributed by atoms with Gasteiger partial charge in [-0.1, -0.05) is 84.9 Å². The Labute approximate surface area is 187 Å². The summed E-state index contributed by atoms with van der Waals surface area (Å²) in [4.78, 5) is 2.32. The van der Waals surface area contributed by atoms with Crippen LogP contribution < -0.4 is 4.90 Å². The van der Waals surface area contributed by atoms with E-state index in [9.17, 15) is 0 Å². The van der Waals surface area contributed by atoms with E-state index >= 15 is 0 Å². The summed E-state index contributed by atoms with van der Waals surface area (Å²) in [5, 5.41) is 2.29. The highest BCUT2D eigenvalue weighted by Gasteiger charge is 2.19. The highest BCUT2D eigenvalue weighted by molar-refractivity contribution is 6.13. The van der Waals surface area contributed by atoms with Crippen LogP contribution in [0.4, 0.5) is 17.1 Å². The van der Waals surface area contributed by atoms with Crippen molar-refractivity contribution in [1.82, 2.24) is 0 Å². The maximum atomic E-state index is 6.17. The van der Waals surface area contributed by atoms with Crippen molar-refractivity contribution in [3.05, 3.63) is 127 Å². The molecule has 1 aromatic heterocycles. The molecule has 1 heterocycles. The Balaban J connectivity index is 1.65. The molecule has 0 atom stereocenters. The van der Waals surface area contributed by atoms with Gasteiger partial charge in [-0.15, -0.1) is 0 Å². The molecule has 0 fully saturated rings. The van der Waals surface area contributed by atoms with Gasteiger partial charge in [0.15, 0.2) is 0 Å². The second-order valence-corrected chi connectivity index (χ2v) is 7.80. The van der Waals surface area contributed by atoms with Crippen molar-refractivity contribution in [1.29, 1.82) is 0 Å². The predicted octanol–water partition coefficient (Wildman–Crippen LogP) is 8.72. The third-order valence-electron chi connectivity index (χ3n) is 5.87. The first-order valence-electron chi connectivity index (χ1n) is 10.8. The van der Waals surface area contributed by atoms with Crippen LogP contribution >= 0.6 is 0 Å². The molecule has 0 amide bonds. The largest absolute Gasteiger partial charge is 0.456 e. The molecule has 6 aromatic rings. The van der Waals surface area contributed by atoms with Crippen LogP contribution in [0.25, 0.3) is 33.1 Å². The minimum absolute atomic E-state index is 0.907. The van der Waals surface area contributed by atoms with Crippen LogP contribution in [0.5, 0.6) is 0 Å². The third kappa shape index (κ3) is 3.05. The molecule has 6 rings (SSSR count).